The molecule has 0 aliphatic heterocycles. The maximum Gasteiger partial charge on any atom is 0.273 e. The van der Waals surface area contributed by atoms with E-state index in [2.05, 4.69) is 30.2 Å². The number of aromatic amines is 1. The second kappa shape index (κ2) is 8.36. The summed E-state index contributed by atoms with van der Waals surface area (Å²) in [6, 6.07) is 16.8. The first-order valence-electron chi connectivity index (χ1n) is 9.24. The van der Waals surface area contributed by atoms with Crippen molar-refractivity contribution in [3.63, 3.8) is 0 Å². The van der Waals surface area contributed by atoms with Crippen molar-refractivity contribution in [1.29, 1.82) is 0 Å². The zero-order valence-electron chi connectivity index (χ0n) is 16.4. The second-order valence-corrected chi connectivity index (χ2v) is 8.37. The summed E-state index contributed by atoms with van der Waals surface area (Å²) in [5.74, 6) is -0.416. The Labute approximate surface area is 178 Å². The van der Waals surface area contributed by atoms with E-state index in [0.717, 1.165) is 11.1 Å². The van der Waals surface area contributed by atoms with Gasteiger partial charge >= 0.3 is 0 Å². The standard InChI is InChI=1S/C21H18N6O3S/c1-14-3-5-15(6-4-14)18-13-19(26-25-18)20(28)24-16-7-9-17(10-8-16)31(29,30)27-21-22-11-2-12-23-21/h2-13H,1H3,(H,24,28)(H,25,26)(H,22,23,27). The Morgan fingerprint density at radius 2 is 1.65 bits per heavy atom. The van der Waals surface area contributed by atoms with Crippen LogP contribution in [0.5, 0.6) is 0 Å². The second-order valence-electron chi connectivity index (χ2n) is 6.69. The molecule has 9 nitrogen and oxygen atoms in total. The number of amides is 1. The summed E-state index contributed by atoms with van der Waals surface area (Å²) in [4.78, 5) is 20.2. The molecule has 0 bridgehead atoms. The van der Waals surface area contributed by atoms with Crippen molar-refractivity contribution in [2.24, 2.45) is 0 Å². The fourth-order valence-electron chi connectivity index (χ4n) is 2.76. The number of nitrogens with one attached hydrogen (secondary N) is 3. The average molecular weight is 434 g/mol. The number of sulfonamides is 1. The Morgan fingerprint density at radius 3 is 2.32 bits per heavy atom. The molecule has 2 aromatic carbocycles. The summed E-state index contributed by atoms with van der Waals surface area (Å²) < 4.78 is 27.1. The van der Waals surface area contributed by atoms with Crippen LogP contribution in [0.4, 0.5) is 11.6 Å². The number of anilines is 2. The molecule has 0 atom stereocenters. The van der Waals surface area contributed by atoms with E-state index in [-0.39, 0.29) is 16.5 Å². The van der Waals surface area contributed by atoms with Crippen LogP contribution in [0.2, 0.25) is 0 Å². The third-order valence-corrected chi connectivity index (χ3v) is 5.73. The van der Waals surface area contributed by atoms with E-state index in [9.17, 15) is 13.2 Å². The maximum atomic E-state index is 12.5. The van der Waals surface area contributed by atoms with Gasteiger partial charge in [-0.1, -0.05) is 29.8 Å². The smallest absolute Gasteiger partial charge is 0.273 e. The molecule has 0 fully saturated rings. The van der Waals surface area contributed by atoms with Gasteiger partial charge in [0, 0.05) is 23.6 Å². The van der Waals surface area contributed by atoms with Gasteiger partial charge in [-0.05, 0) is 43.3 Å². The van der Waals surface area contributed by atoms with Crippen LogP contribution in [0.15, 0.2) is 78.0 Å². The van der Waals surface area contributed by atoms with Crippen molar-refractivity contribution in [2.45, 2.75) is 11.8 Å². The number of nitrogens with zero attached hydrogens (tertiary/aromatic N) is 3. The number of rotatable bonds is 6. The van der Waals surface area contributed by atoms with Crippen LogP contribution in [-0.4, -0.2) is 34.5 Å². The number of aromatic nitrogens is 4. The molecule has 0 aliphatic rings. The van der Waals surface area contributed by atoms with Crippen molar-refractivity contribution in [2.75, 3.05) is 10.0 Å². The van der Waals surface area contributed by atoms with Gasteiger partial charge in [0.15, 0.2) is 0 Å². The number of H-pyrrole nitrogens is 1. The largest absolute Gasteiger partial charge is 0.321 e. The Hall–Kier alpha value is -4.05. The molecular formula is C21H18N6O3S. The molecule has 0 aliphatic carbocycles. The van der Waals surface area contributed by atoms with Crippen LogP contribution in [0.25, 0.3) is 11.3 Å². The Balaban J connectivity index is 1.44. The lowest BCUT2D eigenvalue weighted by Crippen LogP contribution is -2.15. The predicted octanol–water partition coefficient (Wildman–Crippen LogP) is 3.23. The van der Waals surface area contributed by atoms with Gasteiger partial charge in [0.2, 0.25) is 5.95 Å². The van der Waals surface area contributed by atoms with Crippen LogP contribution in [0, 0.1) is 6.92 Å². The molecule has 0 saturated carbocycles. The monoisotopic (exact) mass is 434 g/mol. The minimum Gasteiger partial charge on any atom is -0.321 e. The van der Waals surface area contributed by atoms with Crippen LogP contribution >= 0.6 is 0 Å². The van der Waals surface area contributed by atoms with Crippen molar-refractivity contribution in [3.05, 3.63) is 84.3 Å². The quantitative estimate of drug-likeness (QED) is 0.427. The van der Waals surface area contributed by atoms with E-state index >= 15 is 0 Å². The van der Waals surface area contributed by atoms with Crippen LogP contribution in [0.1, 0.15) is 16.1 Å². The summed E-state index contributed by atoms with van der Waals surface area (Å²) in [6.07, 6.45) is 2.87. The van der Waals surface area contributed by atoms with Gasteiger partial charge in [-0.3, -0.25) is 9.89 Å². The maximum absolute atomic E-state index is 12.5. The minimum atomic E-state index is -3.85. The van der Waals surface area contributed by atoms with Crippen LogP contribution in [-0.2, 0) is 10.0 Å². The fraction of sp³-hybridized carbons (Fsp3) is 0.0476. The molecule has 2 heterocycles. The van der Waals surface area contributed by atoms with Gasteiger partial charge in [-0.15, -0.1) is 0 Å². The molecular weight excluding hydrogens is 416 g/mol. The van der Waals surface area contributed by atoms with Gasteiger partial charge in [0.05, 0.1) is 10.6 Å². The lowest BCUT2D eigenvalue weighted by molar-refractivity contribution is 0.102. The Morgan fingerprint density at radius 1 is 0.968 bits per heavy atom. The number of hydrogen-bond donors (Lipinski definition) is 3. The lowest BCUT2D eigenvalue weighted by atomic mass is 10.1. The highest BCUT2D eigenvalue weighted by Gasteiger charge is 2.16. The number of benzene rings is 2. The Bertz CT molecular complexity index is 1300. The summed E-state index contributed by atoms with van der Waals surface area (Å²) in [5.41, 5.74) is 3.40. The molecule has 0 unspecified atom stereocenters. The van der Waals surface area contributed by atoms with Gasteiger partial charge < -0.3 is 5.32 Å². The fourth-order valence-corrected chi connectivity index (χ4v) is 3.72. The van der Waals surface area contributed by atoms with Crippen molar-refractivity contribution < 1.29 is 13.2 Å². The molecule has 3 N–H and O–H groups in total. The zero-order chi connectivity index (χ0) is 21.8. The van der Waals surface area contributed by atoms with Gasteiger partial charge in [-0.2, -0.15) is 5.10 Å². The van der Waals surface area contributed by atoms with E-state index in [0.29, 0.717) is 11.4 Å². The van der Waals surface area contributed by atoms with Crippen molar-refractivity contribution >= 4 is 27.6 Å². The third kappa shape index (κ3) is 4.75. The van der Waals surface area contributed by atoms with Crippen molar-refractivity contribution in [1.82, 2.24) is 20.2 Å². The SMILES string of the molecule is Cc1ccc(-c2cc(C(=O)Nc3ccc(S(=O)(=O)Nc4ncccn4)cc3)[nH]n2)cc1. The van der Waals surface area contributed by atoms with E-state index in [1.165, 1.54) is 36.7 Å². The topological polar surface area (TPSA) is 130 Å². The highest BCUT2D eigenvalue weighted by Crippen LogP contribution is 2.20. The first kappa shape index (κ1) is 20.2. The molecule has 10 heteroatoms. The van der Waals surface area contributed by atoms with Gasteiger partial charge in [-0.25, -0.2) is 23.1 Å². The summed E-state index contributed by atoms with van der Waals surface area (Å²) in [6.45, 7) is 2.00. The third-order valence-electron chi connectivity index (χ3n) is 4.38. The van der Waals surface area contributed by atoms with E-state index in [1.807, 2.05) is 31.2 Å². The van der Waals surface area contributed by atoms with E-state index < -0.39 is 15.9 Å². The van der Waals surface area contributed by atoms with Crippen molar-refractivity contribution in [3.8, 4) is 11.3 Å². The first-order chi connectivity index (χ1) is 14.9. The number of aryl methyl sites for hydroxylation is 1. The number of carbonyl (C=O) groups is 1. The molecule has 156 valence electrons. The van der Waals surface area contributed by atoms with Gasteiger partial charge in [0.1, 0.15) is 5.69 Å². The molecule has 1 amide bonds. The molecule has 0 spiro atoms. The highest BCUT2D eigenvalue weighted by atomic mass is 32.2. The summed E-state index contributed by atoms with van der Waals surface area (Å²) >= 11 is 0. The lowest BCUT2D eigenvalue weighted by Gasteiger charge is -2.08. The van der Waals surface area contributed by atoms with Crippen LogP contribution in [0.3, 0.4) is 0 Å². The molecule has 4 rings (SSSR count). The average Bonchev–Trinajstić information content (AvgIpc) is 3.25. The number of carbonyl (C=O) groups excluding carboxylic acids is 1. The molecule has 4 aromatic rings. The summed E-state index contributed by atoms with van der Waals surface area (Å²) in [7, 11) is -3.85. The Kier molecular flexibility index (Phi) is 5.46. The normalized spacial score (nSPS) is 11.1. The molecule has 31 heavy (non-hydrogen) atoms. The molecule has 0 saturated heterocycles. The minimum absolute atomic E-state index is 0.0150. The molecule has 2 aromatic heterocycles. The summed E-state index contributed by atoms with van der Waals surface area (Å²) in [5, 5.41) is 9.61. The van der Waals surface area contributed by atoms with E-state index in [1.54, 1.807) is 12.1 Å². The zero-order valence-corrected chi connectivity index (χ0v) is 17.2. The van der Waals surface area contributed by atoms with E-state index in [4.69, 9.17) is 0 Å². The molecule has 0 radical (unpaired) electrons. The van der Waals surface area contributed by atoms with Crippen LogP contribution < -0.4 is 10.0 Å². The van der Waals surface area contributed by atoms with Gasteiger partial charge in [0.25, 0.3) is 15.9 Å². The highest BCUT2D eigenvalue weighted by molar-refractivity contribution is 7.92. The first-order valence-corrected chi connectivity index (χ1v) is 10.7. The predicted molar refractivity (Wildman–Crippen MR) is 116 cm³/mol. The number of hydrogen-bond acceptors (Lipinski definition) is 6.